The van der Waals surface area contributed by atoms with Crippen molar-refractivity contribution in [2.75, 3.05) is 0 Å². The molecule has 2 aromatic rings. The number of halogens is 1. The van der Waals surface area contributed by atoms with E-state index in [-0.39, 0.29) is 0 Å². The standard InChI is InChI=1S/C12H12BrN3O/c1-8-9(6-14)7-15-12(16-8)17-11-4-2-3-10(13)5-11/h2-5,7H,6,14H2,1H3. The van der Waals surface area contributed by atoms with Gasteiger partial charge in [-0.1, -0.05) is 22.0 Å². The molecule has 2 N–H and O–H groups in total. The Morgan fingerprint density at radius 3 is 2.88 bits per heavy atom. The second kappa shape index (κ2) is 5.25. The Balaban J connectivity index is 2.22. The zero-order chi connectivity index (χ0) is 12.3. The van der Waals surface area contributed by atoms with Crippen molar-refractivity contribution in [3.05, 3.63) is 46.2 Å². The van der Waals surface area contributed by atoms with E-state index in [4.69, 9.17) is 10.5 Å². The SMILES string of the molecule is Cc1nc(Oc2cccc(Br)c2)ncc1CN. The molecular formula is C12H12BrN3O. The normalized spacial score (nSPS) is 10.3. The van der Waals surface area contributed by atoms with E-state index in [1.807, 2.05) is 31.2 Å². The summed E-state index contributed by atoms with van der Waals surface area (Å²) >= 11 is 3.38. The van der Waals surface area contributed by atoms with Crippen molar-refractivity contribution in [2.45, 2.75) is 13.5 Å². The summed E-state index contributed by atoms with van der Waals surface area (Å²) in [7, 11) is 0. The van der Waals surface area contributed by atoms with Crippen LogP contribution < -0.4 is 10.5 Å². The molecule has 0 unspecified atom stereocenters. The molecule has 0 aliphatic carbocycles. The van der Waals surface area contributed by atoms with E-state index in [0.29, 0.717) is 18.3 Å². The first-order valence-electron chi connectivity index (χ1n) is 5.15. The Morgan fingerprint density at radius 1 is 1.41 bits per heavy atom. The van der Waals surface area contributed by atoms with E-state index >= 15 is 0 Å². The summed E-state index contributed by atoms with van der Waals surface area (Å²) in [4.78, 5) is 8.35. The van der Waals surface area contributed by atoms with Crippen LogP contribution in [0.5, 0.6) is 11.8 Å². The van der Waals surface area contributed by atoms with Crippen molar-refractivity contribution >= 4 is 15.9 Å². The number of aryl methyl sites for hydroxylation is 1. The maximum Gasteiger partial charge on any atom is 0.322 e. The number of hydrogen-bond donors (Lipinski definition) is 1. The zero-order valence-electron chi connectivity index (χ0n) is 9.35. The van der Waals surface area contributed by atoms with E-state index < -0.39 is 0 Å². The number of rotatable bonds is 3. The van der Waals surface area contributed by atoms with Crippen LogP contribution in [0.3, 0.4) is 0 Å². The van der Waals surface area contributed by atoms with Gasteiger partial charge in [-0.05, 0) is 25.1 Å². The van der Waals surface area contributed by atoms with Crippen LogP contribution in [0.25, 0.3) is 0 Å². The van der Waals surface area contributed by atoms with E-state index in [1.54, 1.807) is 6.20 Å². The van der Waals surface area contributed by atoms with Crippen LogP contribution in [0.15, 0.2) is 34.9 Å². The fraction of sp³-hybridized carbons (Fsp3) is 0.167. The first-order valence-corrected chi connectivity index (χ1v) is 5.94. The Bertz CT molecular complexity index is 531. The van der Waals surface area contributed by atoms with E-state index in [1.165, 1.54) is 0 Å². The Hall–Kier alpha value is -1.46. The summed E-state index contributed by atoms with van der Waals surface area (Å²) in [6, 6.07) is 7.85. The third-order valence-corrected chi connectivity index (χ3v) is 2.78. The predicted molar refractivity (Wildman–Crippen MR) is 68.9 cm³/mol. The third-order valence-electron chi connectivity index (χ3n) is 2.28. The molecule has 2 rings (SSSR count). The second-order valence-electron chi connectivity index (χ2n) is 3.53. The van der Waals surface area contributed by atoms with Gasteiger partial charge >= 0.3 is 6.01 Å². The molecule has 0 amide bonds. The zero-order valence-corrected chi connectivity index (χ0v) is 10.9. The summed E-state index contributed by atoms with van der Waals surface area (Å²) in [5.74, 6) is 0.694. The fourth-order valence-electron chi connectivity index (χ4n) is 1.36. The van der Waals surface area contributed by atoms with E-state index in [9.17, 15) is 0 Å². The minimum Gasteiger partial charge on any atom is -0.424 e. The van der Waals surface area contributed by atoms with Gasteiger partial charge in [-0.2, -0.15) is 4.98 Å². The van der Waals surface area contributed by atoms with Crippen molar-refractivity contribution < 1.29 is 4.74 Å². The summed E-state index contributed by atoms with van der Waals surface area (Å²) in [6.45, 7) is 2.32. The number of aromatic nitrogens is 2. The second-order valence-corrected chi connectivity index (χ2v) is 4.44. The van der Waals surface area contributed by atoms with Crippen LogP contribution in [-0.4, -0.2) is 9.97 Å². The Morgan fingerprint density at radius 2 is 2.24 bits per heavy atom. The van der Waals surface area contributed by atoms with Crippen LogP contribution >= 0.6 is 15.9 Å². The van der Waals surface area contributed by atoms with E-state index in [2.05, 4.69) is 25.9 Å². The van der Waals surface area contributed by atoms with Gasteiger partial charge in [0, 0.05) is 28.5 Å². The molecule has 0 bridgehead atoms. The molecule has 1 aromatic carbocycles. The van der Waals surface area contributed by atoms with Crippen molar-refractivity contribution in [3.63, 3.8) is 0 Å². The predicted octanol–water partition coefficient (Wildman–Crippen LogP) is 2.80. The molecular weight excluding hydrogens is 282 g/mol. The quantitative estimate of drug-likeness (QED) is 0.945. The van der Waals surface area contributed by atoms with Crippen LogP contribution in [0, 0.1) is 6.92 Å². The topological polar surface area (TPSA) is 61.0 Å². The highest BCUT2D eigenvalue weighted by Gasteiger charge is 2.04. The van der Waals surface area contributed by atoms with Crippen LogP contribution in [-0.2, 0) is 6.54 Å². The molecule has 1 aromatic heterocycles. The average molecular weight is 294 g/mol. The van der Waals surface area contributed by atoms with Gasteiger partial charge in [-0.25, -0.2) is 4.98 Å². The average Bonchev–Trinajstić information content (AvgIpc) is 2.29. The van der Waals surface area contributed by atoms with Crippen LogP contribution in [0.4, 0.5) is 0 Å². The summed E-state index contributed by atoms with van der Waals surface area (Å²) in [5, 5.41) is 0. The van der Waals surface area contributed by atoms with Crippen molar-refractivity contribution in [1.29, 1.82) is 0 Å². The lowest BCUT2D eigenvalue weighted by Crippen LogP contribution is -2.03. The lowest BCUT2D eigenvalue weighted by Gasteiger charge is -2.06. The lowest BCUT2D eigenvalue weighted by molar-refractivity contribution is 0.439. The minimum absolute atomic E-state index is 0.331. The smallest absolute Gasteiger partial charge is 0.322 e. The van der Waals surface area contributed by atoms with Gasteiger partial charge in [0.25, 0.3) is 0 Å². The molecule has 4 nitrogen and oxygen atoms in total. The van der Waals surface area contributed by atoms with Gasteiger partial charge in [0.2, 0.25) is 0 Å². The minimum atomic E-state index is 0.331. The van der Waals surface area contributed by atoms with Crippen LogP contribution in [0.2, 0.25) is 0 Å². The maximum absolute atomic E-state index is 5.55. The molecule has 5 heteroatoms. The molecule has 0 fully saturated rings. The molecule has 0 radical (unpaired) electrons. The number of hydrogen-bond acceptors (Lipinski definition) is 4. The molecule has 0 spiro atoms. The maximum atomic E-state index is 5.55. The van der Waals surface area contributed by atoms with Crippen molar-refractivity contribution in [1.82, 2.24) is 9.97 Å². The largest absolute Gasteiger partial charge is 0.424 e. The number of nitrogens with two attached hydrogens (primary N) is 1. The highest BCUT2D eigenvalue weighted by molar-refractivity contribution is 9.10. The van der Waals surface area contributed by atoms with Gasteiger partial charge < -0.3 is 10.5 Å². The summed E-state index contributed by atoms with van der Waals surface area (Å²) in [5.41, 5.74) is 7.31. The van der Waals surface area contributed by atoms with Crippen molar-refractivity contribution in [2.24, 2.45) is 5.73 Å². The molecule has 17 heavy (non-hydrogen) atoms. The number of nitrogens with zero attached hydrogens (tertiary/aromatic N) is 2. The highest BCUT2D eigenvalue weighted by atomic mass is 79.9. The first-order chi connectivity index (χ1) is 8.19. The summed E-state index contributed by atoms with van der Waals surface area (Å²) < 4.78 is 6.50. The molecule has 0 saturated heterocycles. The Kier molecular flexibility index (Phi) is 3.71. The van der Waals surface area contributed by atoms with Gasteiger partial charge in [0.1, 0.15) is 5.75 Å². The Labute approximate surface area is 108 Å². The van der Waals surface area contributed by atoms with Crippen molar-refractivity contribution in [3.8, 4) is 11.8 Å². The molecule has 0 aliphatic heterocycles. The monoisotopic (exact) mass is 293 g/mol. The van der Waals surface area contributed by atoms with Gasteiger partial charge in [0.15, 0.2) is 0 Å². The number of ether oxygens (including phenoxy) is 1. The van der Waals surface area contributed by atoms with Gasteiger partial charge in [0.05, 0.1) is 0 Å². The number of benzene rings is 1. The molecule has 0 saturated carbocycles. The summed E-state index contributed by atoms with van der Waals surface area (Å²) in [6.07, 6.45) is 1.69. The molecule has 0 atom stereocenters. The first kappa shape index (κ1) is 12.0. The van der Waals surface area contributed by atoms with Crippen LogP contribution in [0.1, 0.15) is 11.3 Å². The highest BCUT2D eigenvalue weighted by Crippen LogP contribution is 2.22. The lowest BCUT2D eigenvalue weighted by atomic mass is 10.2. The third kappa shape index (κ3) is 3.01. The van der Waals surface area contributed by atoms with Gasteiger partial charge in [-0.3, -0.25) is 0 Å². The molecule has 1 heterocycles. The van der Waals surface area contributed by atoms with Gasteiger partial charge in [-0.15, -0.1) is 0 Å². The molecule has 0 aliphatic rings. The fourth-order valence-corrected chi connectivity index (χ4v) is 1.73. The van der Waals surface area contributed by atoms with E-state index in [0.717, 1.165) is 15.7 Å². The molecule has 88 valence electrons.